The van der Waals surface area contributed by atoms with Crippen LogP contribution in [0.2, 0.25) is 0 Å². The van der Waals surface area contributed by atoms with Gasteiger partial charge in [-0.05, 0) is 12.1 Å². The van der Waals surface area contributed by atoms with Gasteiger partial charge in [0.25, 0.3) is 0 Å². The maximum Gasteiger partial charge on any atom is 0.238 e. The minimum Gasteiger partial charge on any atom is -0.333 e. The molecular weight excluding hydrogens is 266 g/mol. The quantitative estimate of drug-likeness (QED) is 0.917. The number of aromatic nitrogens is 2. The van der Waals surface area contributed by atoms with Gasteiger partial charge in [0.1, 0.15) is 11.9 Å². The number of nitrogens with zero attached hydrogens (tertiary/aromatic N) is 4. The highest BCUT2D eigenvalue weighted by molar-refractivity contribution is 5.93. The minimum atomic E-state index is -0.113. The van der Waals surface area contributed by atoms with Gasteiger partial charge in [-0.25, -0.2) is 4.98 Å². The van der Waals surface area contributed by atoms with Gasteiger partial charge in [0.2, 0.25) is 5.91 Å². The van der Waals surface area contributed by atoms with Crippen molar-refractivity contribution in [2.75, 3.05) is 18.4 Å². The molecule has 0 unspecified atom stereocenters. The molecule has 2 heterocycles. The molecule has 0 saturated carbocycles. The third-order valence-corrected chi connectivity index (χ3v) is 3.51. The molecule has 0 aliphatic carbocycles. The Bertz CT molecular complexity index is 700. The summed E-state index contributed by atoms with van der Waals surface area (Å²) in [5.74, 6) is 0.865. The maximum absolute atomic E-state index is 12.1. The number of hydrogen-bond acceptors (Lipinski definition) is 4. The third-order valence-electron chi connectivity index (χ3n) is 3.51. The second kappa shape index (κ2) is 5.77. The molecule has 1 aliphatic rings. The summed E-state index contributed by atoms with van der Waals surface area (Å²) in [4.78, 5) is 18.4. The van der Waals surface area contributed by atoms with Crippen molar-refractivity contribution in [1.29, 1.82) is 5.26 Å². The Morgan fingerprint density at radius 2 is 2.24 bits per heavy atom. The van der Waals surface area contributed by atoms with Crippen LogP contribution in [0.1, 0.15) is 11.4 Å². The second-order valence-corrected chi connectivity index (χ2v) is 4.95. The summed E-state index contributed by atoms with van der Waals surface area (Å²) < 4.78 is 2.10. The van der Waals surface area contributed by atoms with E-state index in [0.717, 1.165) is 18.9 Å². The zero-order valence-corrected chi connectivity index (χ0v) is 11.5. The zero-order valence-electron chi connectivity index (χ0n) is 11.5. The van der Waals surface area contributed by atoms with Crippen molar-refractivity contribution < 1.29 is 4.79 Å². The van der Waals surface area contributed by atoms with Crippen LogP contribution in [0.25, 0.3) is 0 Å². The van der Waals surface area contributed by atoms with Crippen LogP contribution < -0.4 is 5.32 Å². The molecule has 0 spiro atoms. The van der Waals surface area contributed by atoms with Gasteiger partial charge in [-0.1, -0.05) is 12.1 Å². The van der Waals surface area contributed by atoms with Crippen LogP contribution in [0.15, 0.2) is 36.7 Å². The number of anilines is 1. The Hall–Kier alpha value is -2.65. The lowest BCUT2D eigenvalue weighted by molar-refractivity contribution is -0.117. The third kappa shape index (κ3) is 2.93. The summed E-state index contributed by atoms with van der Waals surface area (Å²) in [5, 5.41) is 11.8. The molecule has 0 saturated heterocycles. The summed E-state index contributed by atoms with van der Waals surface area (Å²) in [5.41, 5.74) is 1.03. The number of para-hydroxylation sites is 1. The number of rotatable bonds is 3. The van der Waals surface area contributed by atoms with Gasteiger partial charge in [-0.2, -0.15) is 5.26 Å². The van der Waals surface area contributed by atoms with Gasteiger partial charge in [0.05, 0.1) is 24.3 Å². The smallest absolute Gasteiger partial charge is 0.238 e. The molecule has 2 aromatic rings. The molecule has 21 heavy (non-hydrogen) atoms. The fraction of sp³-hybridized carbons (Fsp3) is 0.267. The monoisotopic (exact) mass is 281 g/mol. The molecule has 0 bridgehead atoms. The van der Waals surface area contributed by atoms with E-state index in [4.69, 9.17) is 5.26 Å². The average molecular weight is 281 g/mol. The normalized spacial score (nSPS) is 14.2. The van der Waals surface area contributed by atoms with Gasteiger partial charge in [0, 0.05) is 25.5 Å². The van der Waals surface area contributed by atoms with Gasteiger partial charge >= 0.3 is 0 Å². The molecule has 0 fully saturated rings. The predicted octanol–water partition coefficient (Wildman–Crippen LogP) is 1.21. The number of fused-ring (bicyclic) bond motifs is 1. The van der Waals surface area contributed by atoms with E-state index in [1.807, 2.05) is 11.1 Å². The van der Waals surface area contributed by atoms with E-state index < -0.39 is 0 Å². The highest BCUT2D eigenvalue weighted by Gasteiger charge is 2.19. The van der Waals surface area contributed by atoms with E-state index in [0.29, 0.717) is 24.3 Å². The van der Waals surface area contributed by atoms with Gasteiger partial charge in [-0.15, -0.1) is 0 Å². The SMILES string of the molecule is N#Cc1ccccc1NC(=O)CN1CCn2ccnc2C1. The first-order chi connectivity index (χ1) is 10.3. The second-order valence-electron chi connectivity index (χ2n) is 4.95. The molecule has 1 aliphatic heterocycles. The van der Waals surface area contributed by atoms with E-state index in [1.54, 1.807) is 30.5 Å². The van der Waals surface area contributed by atoms with Crippen molar-refractivity contribution in [3.05, 3.63) is 48.0 Å². The topological polar surface area (TPSA) is 74.0 Å². The summed E-state index contributed by atoms with van der Waals surface area (Å²) in [6, 6.07) is 9.07. The molecule has 6 nitrogen and oxygen atoms in total. The van der Waals surface area contributed by atoms with Crippen molar-refractivity contribution in [3.63, 3.8) is 0 Å². The molecule has 1 aromatic heterocycles. The Balaban J connectivity index is 1.62. The number of benzene rings is 1. The molecule has 3 rings (SSSR count). The summed E-state index contributed by atoms with van der Waals surface area (Å²) in [6.45, 7) is 2.63. The van der Waals surface area contributed by atoms with Gasteiger partial charge in [-0.3, -0.25) is 9.69 Å². The predicted molar refractivity (Wildman–Crippen MR) is 77.3 cm³/mol. The first kappa shape index (κ1) is 13.3. The molecule has 106 valence electrons. The van der Waals surface area contributed by atoms with Crippen LogP contribution in [0.5, 0.6) is 0 Å². The first-order valence-electron chi connectivity index (χ1n) is 6.77. The van der Waals surface area contributed by atoms with E-state index >= 15 is 0 Å². The Morgan fingerprint density at radius 3 is 3.10 bits per heavy atom. The van der Waals surface area contributed by atoms with E-state index in [1.165, 1.54) is 0 Å². The lowest BCUT2D eigenvalue weighted by Crippen LogP contribution is -2.39. The summed E-state index contributed by atoms with van der Waals surface area (Å²) >= 11 is 0. The van der Waals surface area contributed by atoms with Crippen LogP contribution in [-0.4, -0.2) is 33.4 Å². The number of nitrogens with one attached hydrogen (secondary N) is 1. The van der Waals surface area contributed by atoms with Crippen LogP contribution in [-0.2, 0) is 17.9 Å². The number of imidazole rings is 1. The molecule has 6 heteroatoms. The van der Waals surface area contributed by atoms with E-state index in [9.17, 15) is 4.79 Å². The fourth-order valence-corrected chi connectivity index (χ4v) is 2.44. The molecule has 1 amide bonds. The number of hydrogen-bond donors (Lipinski definition) is 1. The average Bonchev–Trinajstić information content (AvgIpc) is 2.95. The molecule has 0 radical (unpaired) electrons. The summed E-state index contributed by atoms with van der Waals surface area (Å²) in [6.07, 6.45) is 3.73. The highest BCUT2D eigenvalue weighted by atomic mass is 16.2. The first-order valence-corrected chi connectivity index (χ1v) is 6.77. The van der Waals surface area contributed by atoms with Crippen molar-refractivity contribution in [1.82, 2.24) is 14.5 Å². The highest BCUT2D eigenvalue weighted by Crippen LogP contribution is 2.14. The molecule has 1 N–H and O–H groups in total. The minimum absolute atomic E-state index is 0.113. The lowest BCUT2D eigenvalue weighted by atomic mass is 10.2. The Kier molecular flexibility index (Phi) is 3.67. The van der Waals surface area contributed by atoms with Crippen LogP contribution in [0, 0.1) is 11.3 Å². The van der Waals surface area contributed by atoms with Gasteiger partial charge in [0.15, 0.2) is 0 Å². The number of nitriles is 1. The largest absolute Gasteiger partial charge is 0.333 e. The molecular formula is C15H15N5O. The van der Waals surface area contributed by atoms with Crippen LogP contribution in [0.4, 0.5) is 5.69 Å². The summed E-state index contributed by atoms with van der Waals surface area (Å²) in [7, 11) is 0. The number of carbonyl (C=O) groups excluding carboxylic acids is 1. The standard InChI is InChI=1S/C15H15N5O/c16-9-12-3-1-2-4-13(12)18-15(21)11-19-7-8-20-6-5-17-14(20)10-19/h1-6H,7-8,10-11H2,(H,18,21). The lowest BCUT2D eigenvalue weighted by Gasteiger charge is -2.26. The van der Waals surface area contributed by atoms with Crippen molar-refractivity contribution in [2.45, 2.75) is 13.1 Å². The zero-order chi connectivity index (χ0) is 14.7. The fourth-order valence-electron chi connectivity index (χ4n) is 2.44. The molecule has 0 atom stereocenters. The van der Waals surface area contributed by atoms with Crippen molar-refractivity contribution in [3.8, 4) is 6.07 Å². The number of amides is 1. The van der Waals surface area contributed by atoms with E-state index in [2.05, 4.69) is 20.9 Å². The molecule has 1 aromatic carbocycles. The maximum atomic E-state index is 12.1. The van der Waals surface area contributed by atoms with Crippen molar-refractivity contribution in [2.24, 2.45) is 0 Å². The Labute approximate surface area is 122 Å². The Morgan fingerprint density at radius 1 is 1.38 bits per heavy atom. The van der Waals surface area contributed by atoms with Crippen molar-refractivity contribution >= 4 is 11.6 Å². The van der Waals surface area contributed by atoms with E-state index in [-0.39, 0.29) is 5.91 Å². The number of carbonyl (C=O) groups is 1. The van der Waals surface area contributed by atoms with Crippen LogP contribution >= 0.6 is 0 Å². The van der Waals surface area contributed by atoms with Crippen LogP contribution in [0.3, 0.4) is 0 Å². The van der Waals surface area contributed by atoms with Gasteiger partial charge < -0.3 is 9.88 Å².